The van der Waals surface area contributed by atoms with Gasteiger partial charge in [-0.2, -0.15) is 0 Å². The number of hydrogen-bond donors (Lipinski definition) is 1. The molecule has 1 aliphatic heterocycles. The van der Waals surface area contributed by atoms with Crippen molar-refractivity contribution < 1.29 is 4.79 Å². The van der Waals surface area contributed by atoms with Gasteiger partial charge in [0.25, 0.3) is 5.91 Å². The molecule has 0 saturated carbocycles. The highest BCUT2D eigenvalue weighted by Crippen LogP contribution is 2.31. The zero-order chi connectivity index (χ0) is 14.3. The quantitative estimate of drug-likeness (QED) is 0.908. The Hall–Kier alpha value is -2.16. The molecule has 2 heterocycles. The van der Waals surface area contributed by atoms with Crippen LogP contribution in [0.15, 0.2) is 36.5 Å². The first-order chi connectivity index (χ1) is 9.45. The summed E-state index contributed by atoms with van der Waals surface area (Å²) in [5, 5.41) is 3.01. The second-order valence-corrected chi connectivity index (χ2v) is 5.94. The fourth-order valence-corrected chi connectivity index (χ4v) is 2.69. The monoisotopic (exact) mass is 266 g/mol. The molecule has 0 atom stereocenters. The topological polar surface area (TPSA) is 42.0 Å². The van der Waals surface area contributed by atoms with E-state index in [1.165, 1.54) is 0 Å². The molecule has 0 radical (unpaired) electrons. The lowest BCUT2D eigenvalue weighted by Crippen LogP contribution is -2.32. The molecule has 1 N–H and O–H groups in total. The zero-order valence-corrected chi connectivity index (χ0v) is 12.0. The van der Waals surface area contributed by atoms with Crippen LogP contribution in [0.2, 0.25) is 0 Å². The third-order valence-corrected chi connectivity index (χ3v) is 3.81. The molecule has 3 heteroatoms. The van der Waals surface area contributed by atoms with Gasteiger partial charge in [0.2, 0.25) is 0 Å². The van der Waals surface area contributed by atoms with Crippen molar-refractivity contribution in [1.82, 2.24) is 10.3 Å². The average Bonchev–Trinajstić information content (AvgIpc) is 2.62. The maximum absolute atomic E-state index is 12.0. The number of benzene rings is 1. The molecule has 1 aromatic heterocycles. The number of hydrogen-bond acceptors (Lipinski definition) is 2. The summed E-state index contributed by atoms with van der Waals surface area (Å²) in [7, 11) is 0. The van der Waals surface area contributed by atoms with Gasteiger partial charge in [0, 0.05) is 17.5 Å². The van der Waals surface area contributed by atoms with E-state index in [-0.39, 0.29) is 11.4 Å². The van der Waals surface area contributed by atoms with Gasteiger partial charge in [-0.25, -0.2) is 0 Å². The normalized spacial score (nSPS) is 15.8. The van der Waals surface area contributed by atoms with E-state index in [9.17, 15) is 4.79 Å². The molecule has 2 aromatic rings. The number of carbonyl (C=O) groups excluding carboxylic acids is 1. The molecular weight excluding hydrogens is 248 g/mol. The molecule has 3 nitrogen and oxygen atoms in total. The predicted molar refractivity (Wildman–Crippen MR) is 78.7 cm³/mol. The number of aryl methyl sites for hydroxylation is 1. The predicted octanol–water partition coefficient (Wildman–Crippen LogP) is 2.96. The van der Waals surface area contributed by atoms with E-state index in [1.54, 1.807) is 0 Å². The first kappa shape index (κ1) is 12.9. The lowest BCUT2D eigenvalue weighted by Gasteiger charge is -2.18. The molecule has 0 aliphatic carbocycles. The Labute approximate surface area is 119 Å². The Morgan fingerprint density at radius 1 is 1.15 bits per heavy atom. The number of amides is 1. The largest absolute Gasteiger partial charge is 0.343 e. The fraction of sp³-hybridized carbons (Fsp3) is 0.294. The minimum atomic E-state index is -0.267. The van der Waals surface area contributed by atoms with Crippen LogP contribution in [0, 0.1) is 6.92 Å². The summed E-state index contributed by atoms with van der Waals surface area (Å²) in [6.07, 6.45) is 2.70. The molecule has 0 unspecified atom stereocenters. The van der Waals surface area contributed by atoms with Gasteiger partial charge in [0.1, 0.15) is 0 Å². The minimum Gasteiger partial charge on any atom is -0.343 e. The van der Waals surface area contributed by atoms with Crippen LogP contribution in [0.25, 0.3) is 0 Å². The molecule has 1 aliphatic rings. The number of nitrogens with one attached hydrogen (secondary N) is 1. The summed E-state index contributed by atoms with van der Waals surface area (Å²) >= 11 is 0. The van der Waals surface area contributed by atoms with Gasteiger partial charge >= 0.3 is 0 Å². The number of fused-ring (bicyclic) bond motifs is 1. The number of rotatable bonds is 2. The summed E-state index contributed by atoms with van der Waals surface area (Å²) in [6.45, 7) is 6.03. The van der Waals surface area contributed by atoms with E-state index in [0.717, 1.165) is 34.4 Å². The molecule has 0 fully saturated rings. The number of aromatic nitrogens is 1. The lowest BCUT2D eigenvalue weighted by molar-refractivity contribution is 0.0940. The zero-order valence-electron chi connectivity index (χ0n) is 12.0. The first-order valence-corrected chi connectivity index (χ1v) is 6.83. The van der Waals surface area contributed by atoms with Gasteiger partial charge in [-0.15, -0.1) is 0 Å². The van der Waals surface area contributed by atoms with E-state index in [2.05, 4.69) is 28.5 Å². The highest BCUT2D eigenvalue weighted by Gasteiger charge is 2.34. The molecule has 3 rings (SSSR count). The Bertz CT molecular complexity index is 672. The maximum atomic E-state index is 12.0. The van der Waals surface area contributed by atoms with E-state index in [0.29, 0.717) is 0 Å². The SMILES string of the molecule is Cc1ccc(Cc2ccc3c(c2)C(=O)NC3(C)C)cn1. The van der Waals surface area contributed by atoms with Crippen molar-refractivity contribution in [2.45, 2.75) is 32.7 Å². The summed E-state index contributed by atoms with van der Waals surface area (Å²) in [5.41, 5.74) is 4.93. The van der Waals surface area contributed by atoms with Crippen LogP contribution in [0.1, 0.15) is 46.6 Å². The molecular formula is C17H18N2O. The molecule has 20 heavy (non-hydrogen) atoms. The van der Waals surface area contributed by atoms with Crippen molar-refractivity contribution in [3.63, 3.8) is 0 Å². The minimum absolute atomic E-state index is 0.0221. The van der Waals surface area contributed by atoms with Gasteiger partial charge in [-0.3, -0.25) is 9.78 Å². The average molecular weight is 266 g/mol. The Morgan fingerprint density at radius 2 is 1.90 bits per heavy atom. The van der Waals surface area contributed by atoms with Crippen LogP contribution >= 0.6 is 0 Å². The van der Waals surface area contributed by atoms with Crippen molar-refractivity contribution in [2.75, 3.05) is 0 Å². The second kappa shape index (κ2) is 4.44. The van der Waals surface area contributed by atoms with Crippen LogP contribution in [0.3, 0.4) is 0 Å². The number of carbonyl (C=O) groups is 1. The number of pyridine rings is 1. The summed E-state index contributed by atoms with van der Waals surface area (Å²) in [4.78, 5) is 16.3. The van der Waals surface area contributed by atoms with Crippen molar-refractivity contribution in [3.8, 4) is 0 Å². The van der Waals surface area contributed by atoms with Crippen LogP contribution < -0.4 is 5.32 Å². The van der Waals surface area contributed by atoms with E-state index >= 15 is 0 Å². The van der Waals surface area contributed by atoms with Crippen LogP contribution in [0.4, 0.5) is 0 Å². The van der Waals surface area contributed by atoms with Crippen molar-refractivity contribution in [3.05, 3.63) is 64.5 Å². The van der Waals surface area contributed by atoms with Crippen LogP contribution in [-0.4, -0.2) is 10.9 Å². The smallest absolute Gasteiger partial charge is 0.252 e. The van der Waals surface area contributed by atoms with Crippen LogP contribution in [-0.2, 0) is 12.0 Å². The first-order valence-electron chi connectivity index (χ1n) is 6.83. The van der Waals surface area contributed by atoms with Crippen LogP contribution in [0.5, 0.6) is 0 Å². The van der Waals surface area contributed by atoms with Crippen molar-refractivity contribution in [2.24, 2.45) is 0 Å². The Balaban J connectivity index is 1.92. The Morgan fingerprint density at radius 3 is 2.60 bits per heavy atom. The second-order valence-electron chi connectivity index (χ2n) is 5.94. The highest BCUT2D eigenvalue weighted by molar-refractivity contribution is 6.00. The standard InChI is InChI=1S/C17H18N2O/c1-11-4-5-13(10-18-11)8-12-6-7-15-14(9-12)16(20)19-17(15,2)3/h4-7,9-10H,8H2,1-3H3,(H,19,20). The summed E-state index contributed by atoms with van der Waals surface area (Å²) in [5.74, 6) is 0.0221. The summed E-state index contributed by atoms with van der Waals surface area (Å²) < 4.78 is 0. The van der Waals surface area contributed by atoms with E-state index in [1.807, 2.05) is 39.1 Å². The van der Waals surface area contributed by atoms with Gasteiger partial charge in [-0.05, 0) is 56.0 Å². The maximum Gasteiger partial charge on any atom is 0.252 e. The highest BCUT2D eigenvalue weighted by atomic mass is 16.2. The fourth-order valence-electron chi connectivity index (χ4n) is 2.69. The molecule has 0 bridgehead atoms. The van der Waals surface area contributed by atoms with Gasteiger partial charge in [-0.1, -0.05) is 18.2 Å². The van der Waals surface area contributed by atoms with E-state index in [4.69, 9.17) is 0 Å². The molecule has 1 aromatic carbocycles. The summed E-state index contributed by atoms with van der Waals surface area (Å²) in [6, 6.07) is 10.3. The van der Waals surface area contributed by atoms with Gasteiger partial charge < -0.3 is 5.32 Å². The molecule has 102 valence electrons. The lowest BCUT2D eigenvalue weighted by atomic mass is 9.92. The Kier molecular flexibility index (Phi) is 2.85. The third-order valence-electron chi connectivity index (χ3n) is 3.81. The van der Waals surface area contributed by atoms with E-state index < -0.39 is 0 Å². The van der Waals surface area contributed by atoms with Crippen molar-refractivity contribution >= 4 is 5.91 Å². The molecule has 0 saturated heterocycles. The molecule has 1 amide bonds. The van der Waals surface area contributed by atoms with Crippen molar-refractivity contribution in [1.29, 1.82) is 0 Å². The number of nitrogens with zero attached hydrogens (tertiary/aromatic N) is 1. The van der Waals surface area contributed by atoms with Gasteiger partial charge in [0.15, 0.2) is 0 Å². The third kappa shape index (κ3) is 2.20. The molecule has 0 spiro atoms. The van der Waals surface area contributed by atoms with Gasteiger partial charge in [0.05, 0.1) is 5.54 Å².